The van der Waals surface area contributed by atoms with Gasteiger partial charge in [-0.2, -0.15) is 0 Å². The first-order valence-electron chi connectivity index (χ1n) is 17.9. The van der Waals surface area contributed by atoms with Crippen LogP contribution in [0.15, 0.2) is 30.3 Å². The Morgan fingerprint density at radius 3 is 2.34 bits per heavy atom. The summed E-state index contributed by atoms with van der Waals surface area (Å²) in [6.07, 6.45) is 16.1. The average Bonchev–Trinajstić information content (AvgIpc) is 3.40. The van der Waals surface area contributed by atoms with Gasteiger partial charge < -0.3 is 20.4 Å². The first kappa shape index (κ1) is 32.3. The summed E-state index contributed by atoms with van der Waals surface area (Å²) in [6, 6.07) is 7.63. The lowest BCUT2D eigenvalue weighted by Gasteiger charge is -2.72. The summed E-state index contributed by atoms with van der Waals surface area (Å²) in [5.74, 6) is 2.22. The molecule has 0 heterocycles. The molecule has 4 fully saturated rings. The molecule has 5 aliphatic rings. The number of nitrogens with zero attached hydrogens (tertiary/aromatic N) is 1. The van der Waals surface area contributed by atoms with Crippen molar-refractivity contribution in [1.82, 2.24) is 10.2 Å². The van der Waals surface area contributed by atoms with Gasteiger partial charge in [0.05, 0.1) is 12.2 Å². The molecule has 0 spiro atoms. The Labute approximate surface area is 267 Å². The van der Waals surface area contributed by atoms with Gasteiger partial charge in [0, 0.05) is 26.2 Å². The van der Waals surface area contributed by atoms with E-state index in [1.165, 1.54) is 75.5 Å². The maximum absolute atomic E-state index is 11.5. The molecule has 1 aromatic rings. The van der Waals surface area contributed by atoms with Gasteiger partial charge in [-0.25, -0.2) is 4.79 Å². The Bertz CT molecular complexity index is 1260. The van der Waals surface area contributed by atoms with Crippen LogP contribution in [-0.2, 0) is 0 Å². The molecule has 1 aromatic carbocycles. The van der Waals surface area contributed by atoms with E-state index in [0.717, 1.165) is 43.8 Å². The van der Waals surface area contributed by atoms with Gasteiger partial charge in [-0.1, -0.05) is 59.2 Å². The summed E-state index contributed by atoms with van der Waals surface area (Å²) in [5, 5.41) is 22.6. The molecule has 5 heteroatoms. The lowest BCUT2D eigenvalue weighted by molar-refractivity contribution is -0.222. The Balaban J connectivity index is 1.23. The number of rotatable bonds is 9. The van der Waals surface area contributed by atoms with E-state index in [2.05, 4.69) is 58.0 Å². The van der Waals surface area contributed by atoms with Gasteiger partial charge in [0.1, 0.15) is 0 Å². The summed E-state index contributed by atoms with van der Waals surface area (Å²) in [6.45, 7) is 17.3. The van der Waals surface area contributed by atoms with Gasteiger partial charge in [-0.05, 0) is 139 Å². The predicted molar refractivity (Wildman–Crippen MR) is 179 cm³/mol. The minimum atomic E-state index is -0.854. The fourth-order valence-corrected chi connectivity index (χ4v) is 12.8. The minimum Gasteiger partial charge on any atom is -0.478 e. The van der Waals surface area contributed by atoms with Gasteiger partial charge in [-0.15, -0.1) is 0 Å². The van der Waals surface area contributed by atoms with Crippen LogP contribution in [0.3, 0.4) is 0 Å². The number of fused-ring (bicyclic) bond motifs is 7. The third-order valence-electron chi connectivity index (χ3n) is 15.2. The molecule has 0 amide bonds. The SMILES string of the molecule is CN(CCO)CCNCC12CCCC1C1CCC3C4(C)CC=C(c5ccc(C(=O)O)cc5)C(C)(C)C4CCC3(C)[C@]1(C)CC2. The minimum absolute atomic E-state index is 0.0565. The van der Waals surface area contributed by atoms with Gasteiger partial charge in [-0.3, -0.25) is 0 Å². The highest BCUT2D eigenvalue weighted by molar-refractivity contribution is 5.88. The average molecular weight is 605 g/mol. The normalized spacial score (nSPS) is 40.9. The van der Waals surface area contributed by atoms with Crippen molar-refractivity contribution in [2.75, 3.05) is 39.8 Å². The molecule has 0 saturated heterocycles. The number of hydrogen-bond donors (Lipinski definition) is 3. The summed E-state index contributed by atoms with van der Waals surface area (Å²) in [4.78, 5) is 13.7. The highest BCUT2D eigenvalue weighted by Crippen LogP contribution is 2.77. The van der Waals surface area contributed by atoms with E-state index >= 15 is 0 Å². The van der Waals surface area contributed by atoms with E-state index in [1.54, 1.807) is 12.1 Å². The highest BCUT2D eigenvalue weighted by atomic mass is 16.4. The van der Waals surface area contributed by atoms with E-state index in [1.807, 2.05) is 12.1 Å². The van der Waals surface area contributed by atoms with Crippen molar-refractivity contribution in [2.45, 2.75) is 98.8 Å². The molecule has 7 unspecified atom stereocenters. The summed E-state index contributed by atoms with van der Waals surface area (Å²) in [7, 11) is 2.11. The van der Waals surface area contributed by atoms with Crippen molar-refractivity contribution in [3.05, 3.63) is 41.5 Å². The third-order valence-corrected chi connectivity index (χ3v) is 15.2. The Hall–Kier alpha value is -1.69. The maximum atomic E-state index is 11.5. The number of benzene rings is 1. The topological polar surface area (TPSA) is 72.8 Å². The lowest BCUT2D eigenvalue weighted by Crippen LogP contribution is -2.65. The number of carboxylic acid groups (broad SMARTS) is 1. The summed E-state index contributed by atoms with van der Waals surface area (Å²) >= 11 is 0. The zero-order chi connectivity index (χ0) is 31.5. The first-order chi connectivity index (χ1) is 20.8. The summed E-state index contributed by atoms with van der Waals surface area (Å²) in [5.41, 5.74) is 4.60. The highest BCUT2D eigenvalue weighted by Gasteiger charge is 2.69. The van der Waals surface area contributed by atoms with Crippen LogP contribution < -0.4 is 5.32 Å². The molecule has 0 aliphatic heterocycles. The number of hydrogen-bond acceptors (Lipinski definition) is 4. The van der Waals surface area contributed by atoms with Gasteiger partial charge >= 0.3 is 5.97 Å². The van der Waals surface area contributed by atoms with Crippen molar-refractivity contribution >= 4 is 11.5 Å². The lowest BCUT2D eigenvalue weighted by atomic mass is 9.32. The van der Waals surface area contributed by atoms with Crippen molar-refractivity contribution < 1.29 is 15.0 Å². The van der Waals surface area contributed by atoms with Crippen molar-refractivity contribution in [2.24, 2.45) is 50.7 Å². The zero-order valence-corrected chi connectivity index (χ0v) is 28.6. The van der Waals surface area contributed by atoms with E-state index in [9.17, 15) is 15.0 Å². The fourth-order valence-electron chi connectivity index (χ4n) is 12.8. The molecule has 6 rings (SSSR count). The van der Waals surface area contributed by atoms with Crippen molar-refractivity contribution in [1.29, 1.82) is 0 Å². The quantitative estimate of drug-likeness (QED) is 0.252. The molecule has 0 aromatic heterocycles. The Morgan fingerprint density at radius 1 is 0.886 bits per heavy atom. The van der Waals surface area contributed by atoms with Gasteiger partial charge in [0.2, 0.25) is 0 Å². The molecular weight excluding hydrogens is 544 g/mol. The Kier molecular flexibility index (Phi) is 8.45. The van der Waals surface area contributed by atoms with Crippen molar-refractivity contribution in [3.63, 3.8) is 0 Å². The molecule has 5 nitrogen and oxygen atoms in total. The smallest absolute Gasteiger partial charge is 0.335 e. The number of carbonyl (C=O) groups is 1. The molecule has 5 aliphatic carbocycles. The van der Waals surface area contributed by atoms with Crippen LogP contribution in [-0.4, -0.2) is 60.9 Å². The van der Waals surface area contributed by atoms with E-state index in [0.29, 0.717) is 33.1 Å². The van der Waals surface area contributed by atoms with Crippen LogP contribution in [0.4, 0.5) is 0 Å². The fraction of sp³-hybridized carbons (Fsp3) is 0.769. The number of aromatic carboxylic acids is 1. The molecule has 3 N–H and O–H groups in total. The second-order valence-corrected chi connectivity index (χ2v) is 17.2. The first-order valence-corrected chi connectivity index (χ1v) is 17.9. The van der Waals surface area contributed by atoms with Crippen molar-refractivity contribution in [3.8, 4) is 0 Å². The molecule has 0 bridgehead atoms. The van der Waals surface area contributed by atoms with Crippen LogP contribution >= 0.6 is 0 Å². The molecule has 0 radical (unpaired) electrons. The van der Waals surface area contributed by atoms with Gasteiger partial charge in [0.15, 0.2) is 0 Å². The second-order valence-electron chi connectivity index (χ2n) is 17.2. The summed E-state index contributed by atoms with van der Waals surface area (Å²) < 4.78 is 0. The monoisotopic (exact) mass is 604 g/mol. The van der Waals surface area contributed by atoms with Crippen LogP contribution in [0.2, 0.25) is 0 Å². The number of nitrogens with one attached hydrogen (secondary N) is 1. The number of allylic oxidation sites excluding steroid dienone is 2. The van der Waals surface area contributed by atoms with Crippen LogP contribution in [0, 0.1) is 50.7 Å². The molecule has 8 atom stereocenters. The number of aliphatic hydroxyl groups excluding tert-OH is 1. The number of carboxylic acids is 1. The second kappa shape index (κ2) is 11.5. The van der Waals surface area contributed by atoms with E-state index in [4.69, 9.17) is 0 Å². The standard InChI is InChI=1S/C39H60N2O3/c1-35(2)29(27-9-11-28(12-10-27)34(43)44)15-18-36(3)32(35)16-19-38(5)33(36)14-13-30-31-8-7-17-39(31,21-20-37(30,38)4)26-40-22-23-41(6)24-25-42/h9-12,15,30-33,40,42H,7-8,13-14,16-26H2,1-6H3,(H,43,44)/t30?,31?,32?,33?,36?,37-,38?,39?/m1/s1. The predicted octanol–water partition coefficient (Wildman–Crippen LogP) is 7.75. The molecule has 244 valence electrons. The third kappa shape index (κ3) is 4.85. The molecular formula is C39H60N2O3. The van der Waals surface area contributed by atoms with Crippen LogP contribution in [0.1, 0.15) is 115 Å². The zero-order valence-electron chi connectivity index (χ0n) is 28.6. The van der Waals surface area contributed by atoms with Crippen LogP contribution in [0.5, 0.6) is 0 Å². The van der Waals surface area contributed by atoms with E-state index < -0.39 is 5.97 Å². The maximum Gasteiger partial charge on any atom is 0.335 e. The molecule has 44 heavy (non-hydrogen) atoms. The number of aliphatic hydroxyl groups is 1. The largest absolute Gasteiger partial charge is 0.478 e. The van der Waals surface area contributed by atoms with Crippen LogP contribution in [0.25, 0.3) is 5.57 Å². The molecule has 4 saturated carbocycles. The van der Waals surface area contributed by atoms with Gasteiger partial charge in [0.25, 0.3) is 0 Å². The Morgan fingerprint density at radius 2 is 1.64 bits per heavy atom. The van der Waals surface area contributed by atoms with E-state index in [-0.39, 0.29) is 12.0 Å². The number of likely N-dealkylation sites (N-methyl/N-ethyl adjacent to an activating group) is 1.